The summed E-state index contributed by atoms with van der Waals surface area (Å²) in [5.41, 5.74) is 4.52. The van der Waals surface area contributed by atoms with Crippen molar-refractivity contribution in [2.24, 2.45) is 0 Å². The molecule has 0 fully saturated rings. The summed E-state index contributed by atoms with van der Waals surface area (Å²) < 4.78 is 10.4. The van der Waals surface area contributed by atoms with Crippen LogP contribution in [0.25, 0.3) is 0 Å². The largest absolute Gasteiger partial charge is 0.493 e. The van der Waals surface area contributed by atoms with Crippen molar-refractivity contribution in [1.82, 2.24) is 5.48 Å². The Morgan fingerprint density at radius 1 is 1.21 bits per heavy atom. The van der Waals surface area contributed by atoms with E-state index in [1.165, 1.54) is 0 Å². The van der Waals surface area contributed by atoms with Crippen LogP contribution < -0.4 is 10.2 Å². The van der Waals surface area contributed by atoms with E-state index in [0.29, 0.717) is 19.8 Å². The number of rotatable bonds is 8. The molecule has 0 saturated carbocycles. The van der Waals surface area contributed by atoms with Crippen molar-refractivity contribution < 1.29 is 19.1 Å². The fourth-order valence-electron chi connectivity index (χ4n) is 1.42. The van der Waals surface area contributed by atoms with E-state index in [0.717, 1.165) is 16.9 Å². The van der Waals surface area contributed by atoms with E-state index in [2.05, 4.69) is 5.48 Å². The van der Waals surface area contributed by atoms with E-state index in [-0.39, 0.29) is 12.3 Å². The molecular weight excluding hydrogens is 246 g/mol. The molecule has 1 aromatic rings. The van der Waals surface area contributed by atoms with Crippen LogP contribution in [0, 0.1) is 13.8 Å². The number of ether oxygens (including phenoxy) is 2. The number of hydrogen-bond acceptors (Lipinski definition) is 4. The van der Waals surface area contributed by atoms with Gasteiger partial charge in [-0.25, -0.2) is 5.48 Å². The van der Waals surface area contributed by atoms with Crippen LogP contribution >= 0.6 is 0 Å². The zero-order valence-corrected chi connectivity index (χ0v) is 11.7. The quantitative estimate of drug-likeness (QED) is 0.576. The smallest absolute Gasteiger partial charge is 0.246 e. The Morgan fingerprint density at radius 2 is 2.00 bits per heavy atom. The topological polar surface area (TPSA) is 56.8 Å². The monoisotopic (exact) mass is 267 g/mol. The molecule has 0 bridgehead atoms. The maximum Gasteiger partial charge on any atom is 0.246 e. The number of nitrogens with one attached hydrogen (secondary N) is 1. The molecule has 5 nitrogen and oxygen atoms in total. The molecule has 0 aliphatic rings. The second kappa shape index (κ2) is 8.50. The Balaban J connectivity index is 2.22. The van der Waals surface area contributed by atoms with E-state index < -0.39 is 0 Å². The molecule has 0 aliphatic carbocycles. The van der Waals surface area contributed by atoms with Crippen molar-refractivity contribution in [3.63, 3.8) is 0 Å². The maximum absolute atomic E-state index is 11.4. The van der Waals surface area contributed by atoms with Crippen molar-refractivity contribution >= 4 is 5.91 Å². The van der Waals surface area contributed by atoms with Crippen molar-refractivity contribution in [3.05, 3.63) is 29.3 Å². The summed E-state index contributed by atoms with van der Waals surface area (Å²) in [6.07, 6.45) is 0.250. The molecule has 1 aromatic carbocycles. The molecule has 19 heavy (non-hydrogen) atoms. The normalized spacial score (nSPS) is 10.3. The van der Waals surface area contributed by atoms with Crippen LogP contribution in [-0.4, -0.2) is 32.8 Å². The van der Waals surface area contributed by atoms with Gasteiger partial charge in [-0.1, -0.05) is 12.1 Å². The van der Waals surface area contributed by atoms with Crippen LogP contribution in [-0.2, 0) is 14.4 Å². The summed E-state index contributed by atoms with van der Waals surface area (Å²) in [6.45, 7) is 5.08. The van der Waals surface area contributed by atoms with Gasteiger partial charge in [-0.3, -0.25) is 9.63 Å². The predicted octanol–water partition coefficient (Wildman–Crippen LogP) is 1.77. The molecule has 0 aliphatic heterocycles. The SMILES string of the molecule is COCCONC(=O)CCOc1cc(C)ccc1C. The van der Waals surface area contributed by atoms with Gasteiger partial charge in [0.2, 0.25) is 5.91 Å². The van der Waals surface area contributed by atoms with Gasteiger partial charge in [-0.05, 0) is 31.0 Å². The molecule has 0 saturated heterocycles. The number of hydroxylamine groups is 1. The van der Waals surface area contributed by atoms with E-state index in [9.17, 15) is 4.79 Å². The lowest BCUT2D eigenvalue weighted by Gasteiger charge is -2.10. The Hall–Kier alpha value is -1.59. The van der Waals surface area contributed by atoms with Crippen LogP contribution in [0.2, 0.25) is 0 Å². The second-order valence-corrected chi connectivity index (χ2v) is 4.23. The molecule has 5 heteroatoms. The highest BCUT2D eigenvalue weighted by atomic mass is 16.7. The van der Waals surface area contributed by atoms with E-state index >= 15 is 0 Å². The van der Waals surface area contributed by atoms with Crippen LogP contribution in [0.15, 0.2) is 18.2 Å². The summed E-state index contributed by atoms with van der Waals surface area (Å²) in [5.74, 6) is 0.606. The first-order valence-corrected chi connectivity index (χ1v) is 6.23. The number of hydrogen-bond donors (Lipinski definition) is 1. The van der Waals surface area contributed by atoms with Crippen molar-refractivity contribution in [3.8, 4) is 5.75 Å². The standard InChI is InChI=1S/C14H21NO4/c1-11-4-5-12(2)13(10-11)18-7-6-14(16)15-19-9-8-17-3/h4-5,10H,6-9H2,1-3H3,(H,15,16). The van der Waals surface area contributed by atoms with Gasteiger partial charge in [-0.2, -0.15) is 0 Å². The fourth-order valence-corrected chi connectivity index (χ4v) is 1.42. The molecular formula is C14H21NO4. The number of carbonyl (C=O) groups is 1. The first-order chi connectivity index (χ1) is 9.13. The third-order valence-corrected chi connectivity index (χ3v) is 2.51. The average Bonchev–Trinajstić information content (AvgIpc) is 2.39. The van der Waals surface area contributed by atoms with Crippen LogP contribution in [0.5, 0.6) is 5.75 Å². The van der Waals surface area contributed by atoms with Gasteiger partial charge in [0.15, 0.2) is 0 Å². The molecule has 1 rings (SSSR count). The Morgan fingerprint density at radius 3 is 2.74 bits per heavy atom. The average molecular weight is 267 g/mol. The summed E-state index contributed by atoms with van der Waals surface area (Å²) in [4.78, 5) is 16.3. The van der Waals surface area contributed by atoms with Gasteiger partial charge in [-0.15, -0.1) is 0 Å². The lowest BCUT2D eigenvalue weighted by Crippen LogP contribution is -2.26. The minimum atomic E-state index is -0.207. The Labute approximate surface area is 113 Å². The minimum Gasteiger partial charge on any atom is -0.493 e. The summed E-state index contributed by atoms with van der Waals surface area (Å²) >= 11 is 0. The molecule has 1 amide bonds. The highest BCUT2D eigenvalue weighted by molar-refractivity contribution is 5.74. The van der Waals surface area contributed by atoms with Gasteiger partial charge in [0, 0.05) is 7.11 Å². The molecule has 1 N–H and O–H groups in total. The van der Waals surface area contributed by atoms with Gasteiger partial charge < -0.3 is 9.47 Å². The van der Waals surface area contributed by atoms with Crippen LogP contribution in [0.1, 0.15) is 17.5 Å². The Bertz CT molecular complexity index is 406. The minimum absolute atomic E-state index is 0.207. The number of aryl methyl sites for hydroxylation is 2. The van der Waals surface area contributed by atoms with E-state index in [1.54, 1.807) is 7.11 Å². The predicted molar refractivity (Wildman–Crippen MR) is 72.0 cm³/mol. The molecule has 0 atom stereocenters. The molecule has 0 unspecified atom stereocenters. The molecule has 0 heterocycles. The van der Waals surface area contributed by atoms with E-state index in [1.807, 2.05) is 32.0 Å². The van der Waals surface area contributed by atoms with Crippen LogP contribution in [0.4, 0.5) is 0 Å². The lowest BCUT2D eigenvalue weighted by molar-refractivity contribution is -0.135. The highest BCUT2D eigenvalue weighted by Crippen LogP contribution is 2.19. The number of amides is 1. The third kappa shape index (κ3) is 6.22. The van der Waals surface area contributed by atoms with Crippen molar-refractivity contribution in [2.45, 2.75) is 20.3 Å². The van der Waals surface area contributed by atoms with Gasteiger partial charge in [0.05, 0.1) is 26.2 Å². The first-order valence-electron chi connectivity index (χ1n) is 6.23. The Kier molecular flexibility index (Phi) is 6.92. The molecule has 0 aromatic heterocycles. The molecule has 0 spiro atoms. The van der Waals surface area contributed by atoms with Gasteiger partial charge >= 0.3 is 0 Å². The first kappa shape index (κ1) is 15.5. The number of methoxy groups -OCH3 is 1. The third-order valence-electron chi connectivity index (χ3n) is 2.51. The van der Waals surface area contributed by atoms with Crippen LogP contribution in [0.3, 0.4) is 0 Å². The summed E-state index contributed by atoms with van der Waals surface area (Å²) in [7, 11) is 1.57. The zero-order chi connectivity index (χ0) is 14.1. The molecule has 0 radical (unpaired) electrons. The van der Waals surface area contributed by atoms with Crippen molar-refractivity contribution in [2.75, 3.05) is 26.9 Å². The highest BCUT2D eigenvalue weighted by Gasteiger charge is 2.04. The second-order valence-electron chi connectivity index (χ2n) is 4.23. The number of benzene rings is 1. The fraction of sp³-hybridized carbons (Fsp3) is 0.500. The van der Waals surface area contributed by atoms with Crippen molar-refractivity contribution in [1.29, 1.82) is 0 Å². The summed E-state index contributed by atoms with van der Waals surface area (Å²) in [6, 6.07) is 5.99. The molecule has 106 valence electrons. The van der Waals surface area contributed by atoms with Gasteiger partial charge in [0.1, 0.15) is 5.75 Å². The zero-order valence-electron chi connectivity index (χ0n) is 11.7. The maximum atomic E-state index is 11.4. The van der Waals surface area contributed by atoms with Gasteiger partial charge in [0.25, 0.3) is 0 Å². The van der Waals surface area contributed by atoms with E-state index in [4.69, 9.17) is 14.3 Å². The lowest BCUT2D eigenvalue weighted by atomic mass is 10.1. The summed E-state index contributed by atoms with van der Waals surface area (Å²) in [5, 5.41) is 0. The number of carbonyl (C=O) groups excluding carboxylic acids is 1.